The Bertz CT molecular complexity index is 1100. The Kier molecular flexibility index (Phi) is 6.05. The van der Waals surface area contributed by atoms with E-state index in [1.54, 1.807) is 12.1 Å². The summed E-state index contributed by atoms with van der Waals surface area (Å²) in [6, 6.07) is 4.15. The fourth-order valence-electron chi connectivity index (χ4n) is 2.51. The van der Waals surface area contributed by atoms with Gasteiger partial charge in [-0.15, -0.1) is 0 Å². The van der Waals surface area contributed by atoms with Crippen LogP contribution in [0.2, 0.25) is 0 Å². The Hall–Kier alpha value is -3.52. The molecule has 0 atom stereocenters. The summed E-state index contributed by atoms with van der Waals surface area (Å²) in [7, 11) is 1.09. The lowest BCUT2D eigenvalue weighted by molar-refractivity contribution is -0.137. The maximum atomic E-state index is 13.0. The van der Waals surface area contributed by atoms with Crippen molar-refractivity contribution in [2.24, 2.45) is 0 Å². The highest BCUT2D eigenvalue weighted by atomic mass is 32.1. The second-order valence-electron chi connectivity index (χ2n) is 6.44. The Morgan fingerprint density at radius 1 is 1.25 bits per heavy atom. The maximum absolute atomic E-state index is 13.0. The molecule has 2 N–H and O–H groups in total. The number of hydrogen-bond acceptors (Lipinski definition) is 10. The zero-order chi connectivity index (χ0) is 22.7. The van der Waals surface area contributed by atoms with E-state index < -0.39 is 17.8 Å². The van der Waals surface area contributed by atoms with E-state index in [0.29, 0.717) is 36.7 Å². The molecule has 1 amide bonds. The SMILES string of the molecule is COC(=O)Nc1cc(C(F)(F)F)cnc1Nc1nc(-c2ccc(OC3COC3)cn2)ns1. The lowest BCUT2D eigenvalue weighted by atomic mass is 10.2. The molecule has 0 aromatic carbocycles. The number of methoxy groups -OCH3 is 1. The first-order valence-corrected chi connectivity index (χ1v) is 9.83. The van der Waals surface area contributed by atoms with Crippen LogP contribution in [0, 0.1) is 0 Å². The molecule has 0 spiro atoms. The van der Waals surface area contributed by atoms with Crippen LogP contribution in [0.25, 0.3) is 11.5 Å². The highest BCUT2D eigenvalue weighted by Crippen LogP contribution is 2.34. The number of nitrogens with one attached hydrogen (secondary N) is 2. The van der Waals surface area contributed by atoms with Crippen molar-refractivity contribution in [3.05, 3.63) is 36.2 Å². The lowest BCUT2D eigenvalue weighted by Crippen LogP contribution is -2.38. The summed E-state index contributed by atoms with van der Waals surface area (Å²) in [5.41, 5.74) is -0.796. The highest BCUT2D eigenvalue weighted by molar-refractivity contribution is 7.09. The molecule has 0 saturated carbocycles. The second kappa shape index (κ2) is 8.92. The summed E-state index contributed by atoms with van der Waals surface area (Å²) in [5, 5.41) is 5.18. The molecule has 1 saturated heterocycles. The van der Waals surface area contributed by atoms with E-state index in [4.69, 9.17) is 9.47 Å². The van der Waals surface area contributed by atoms with Gasteiger partial charge in [0.05, 0.1) is 37.8 Å². The number of rotatable bonds is 6. The van der Waals surface area contributed by atoms with Gasteiger partial charge < -0.3 is 19.5 Å². The zero-order valence-corrected chi connectivity index (χ0v) is 17.2. The van der Waals surface area contributed by atoms with Gasteiger partial charge in [-0.1, -0.05) is 0 Å². The van der Waals surface area contributed by atoms with E-state index in [0.717, 1.165) is 24.7 Å². The van der Waals surface area contributed by atoms with Gasteiger partial charge in [0.15, 0.2) is 11.6 Å². The van der Waals surface area contributed by atoms with Crippen molar-refractivity contribution >= 4 is 34.3 Å². The minimum atomic E-state index is -4.64. The van der Waals surface area contributed by atoms with Crippen LogP contribution >= 0.6 is 11.5 Å². The molecule has 0 aliphatic carbocycles. The Morgan fingerprint density at radius 3 is 2.69 bits per heavy atom. The van der Waals surface area contributed by atoms with Crippen molar-refractivity contribution < 1.29 is 32.2 Å². The molecular weight excluding hydrogens is 453 g/mol. The smallest absolute Gasteiger partial charge is 0.417 e. The molecule has 32 heavy (non-hydrogen) atoms. The number of halogens is 3. The molecule has 0 unspecified atom stereocenters. The van der Waals surface area contributed by atoms with E-state index in [-0.39, 0.29) is 22.7 Å². The van der Waals surface area contributed by atoms with Crippen molar-refractivity contribution in [1.82, 2.24) is 19.3 Å². The number of nitrogens with zero attached hydrogens (tertiary/aromatic N) is 4. The van der Waals surface area contributed by atoms with Gasteiger partial charge in [0.1, 0.15) is 17.5 Å². The Morgan fingerprint density at radius 2 is 2.06 bits per heavy atom. The van der Waals surface area contributed by atoms with Gasteiger partial charge in [0, 0.05) is 17.7 Å². The van der Waals surface area contributed by atoms with Crippen LogP contribution in [0.3, 0.4) is 0 Å². The predicted octanol–water partition coefficient (Wildman–Crippen LogP) is 3.71. The van der Waals surface area contributed by atoms with Crippen LogP contribution in [0.5, 0.6) is 5.75 Å². The number of ether oxygens (including phenoxy) is 3. The van der Waals surface area contributed by atoms with Crippen LogP contribution in [0.4, 0.5) is 34.6 Å². The Balaban J connectivity index is 1.51. The van der Waals surface area contributed by atoms with Gasteiger partial charge in [-0.25, -0.2) is 14.8 Å². The van der Waals surface area contributed by atoms with E-state index >= 15 is 0 Å². The van der Waals surface area contributed by atoms with Crippen molar-refractivity contribution in [2.45, 2.75) is 12.3 Å². The summed E-state index contributed by atoms with van der Waals surface area (Å²) in [5.74, 6) is 0.819. The molecular formula is C18H15F3N6O4S. The number of hydrogen-bond donors (Lipinski definition) is 2. The number of anilines is 3. The van der Waals surface area contributed by atoms with Gasteiger partial charge in [0.2, 0.25) is 5.13 Å². The van der Waals surface area contributed by atoms with Gasteiger partial charge in [0.25, 0.3) is 0 Å². The molecule has 3 aromatic heterocycles. The summed E-state index contributed by atoms with van der Waals surface area (Å²) in [6.45, 7) is 1.07. The standard InChI is InChI=1S/C18H15F3N6O4S/c1-29-17(28)24-13-4-9(18(19,20)21)5-23-14(13)25-16-26-15(27-32-16)12-3-2-10(6-22-12)31-11-7-30-8-11/h2-6,11H,7-8H2,1H3,(H,24,28)(H,23,25,26,27). The first-order valence-electron chi connectivity index (χ1n) is 9.05. The van der Waals surface area contributed by atoms with Crippen molar-refractivity contribution in [3.63, 3.8) is 0 Å². The zero-order valence-electron chi connectivity index (χ0n) is 16.3. The summed E-state index contributed by atoms with van der Waals surface area (Å²) >= 11 is 0.944. The molecule has 10 nitrogen and oxygen atoms in total. The summed E-state index contributed by atoms with van der Waals surface area (Å²) in [4.78, 5) is 23.8. The molecule has 4 rings (SSSR count). The monoisotopic (exact) mass is 468 g/mol. The number of aromatic nitrogens is 4. The summed E-state index contributed by atoms with van der Waals surface area (Å²) in [6.07, 6.45) is -3.40. The molecule has 4 heterocycles. The topological polar surface area (TPSA) is 120 Å². The lowest BCUT2D eigenvalue weighted by Gasteiger charge is -2.26. The number of amides is 1. The third kappa shape index (κ3) is 5.03. The van der Waals surface area contributed by atoms with Gasteiger partial charge in [-0.3, -0.25) is 5.32 Å². The number of pyridine rings is 2. The van der Waals surface area contributed by atoms with Gasteiger partial charge >= 0.3 is 12.3 Å². The van der Waals surface area contributed by atoms with Crippen molar-refractivity contribution in [2.75, 3.05) is 31.0 Å². The van der Waals surface area contributed by atoms with E-state index in [1.165, 1.54) is 6.20 Å². The fourth-order valence-corrected chi connectivity index (χ4v) is 3.09. The fraction of sp³-hybridized carbons (Fsp3) is 0.278. The average Bonchev–Trinajstić information content (AvgIpc) is 3.20. The second-order valence-corrected chi connectivity index (χ2v) is 7.19. The average molecular weight is 468 g/mol. The summed E-state index contributed by atoms with van der Waals surface area (Å²) < 4.78 is 58.4. The van der Waals surface area contributed by atoms with Gasteiger partial charge in [-0.2, -0.15) is 22.5 Å². The molecule has 1 aliphatic heterocycles. The van der Waals surface area contributed by atoms with Crippen LogP contribution < -0.4 is 15.4 Å². The molecule has 168 valence electrons. The minimum absolute atomic E-state index is 0.0138. The van der Waals surface area contributed by atoms with Crippen LogP contribution in [0.15, 0.2) is 30.6 Å². The highest BCUT2D eigenvalue weighted by Gasteiger charge is 2.32. The number of alkyl halides is 3. The van der Waals surface area contributed by atoms with Crippen molar-refractivity contribution in [1.29, 1.82) is 0 Å². The Labute approximate surface area is 182 Å². The minimum Gasteiger partial charge on any atom is -0.484 e. The van der Waals surface area contributed by atoms with Crippen LogP contribution in [-0.2, 0) is 15.7 Å². The first kappa shape index (κ1) is 21.7. The predicted molar refractivity (Wildman–Crippen MR) is 107 cm³/mol. The first-order chi connectivity index (χ1) is 15.3. The number of carbonyl (C=O) groups is 1. The molecule has 1 aliphatic rings. The van der Waals surface area contributed by atoms with E-state index in [9.17, 15) is 18.0 Å². The third-order valence-electron chi connectivity index (χ3n) is 4.16. The van der Waals surface area contributed by atoms with Crippen LogP contribution in [0.1, 0.15) is 5.56 Å². The molecule has 0 bridgehead atoms. The molecule has 14 heteroatoms. The molecule has 3 aromatic rings. The molecule has 0 radical (unpaired) electrons. The molecule has 1 fully saturated rings. The normalized spacial score (nSPS) is 13.9. The van der Waals surface area contributed by atoms with Crippen molar-refractivity contribution in [3.8, 4) is 17.3 Å². The van der Waals surface area contributed by atoms with Gasteiger partial charge in [-0.05, 0) is 18.2 Å². The van der Waals surface area contributed by atoms with E-state index in [2.05, 4.69) is 34.7 Å². The maximum Gasteiger partial charge on any atom is 0.417 e. The number of carbonyl (C=O) groups excluding carboxylic acids is 1. The quantitative estimate of drug-likeness (QED) is 0.558. The third-order valence-corrected chi connectivity index (χ3v) is 4.79. The van der Waals surface area contributed by atoms with Crippen LogP contribution in [-0.4, -0.2) is 51.8 Å². The van der Waals surface area contributed by atoms with E-state index in [1.807, 2.05) is 0 Å². The largest absolute Gasteiger partial charge is 0.484 e.